The number of rotatable bonds is 0. The number of Topliss-reactive ketones (excluding diaryl/α,β-unsaturated/α-hetero) is 1. The second kappa shape index (κ2) is 3.47. The molecule has 1 aliphatic carbocycles. The van der Waals surface area contributed by atoms with E-state index in [1.54, 1.807) is 12.1 Å². The van der Waals surface area contributed by atoms with Gasteiger partial charge in [-0.1, -0.05) is 23.2 Å². The van der Waals surface area contributed by atoms with Crippen LogP contribution in [0.3, 0.4) is 0 Å². The molecule has 5 heteroatoms. The summed E-state index contributed by atoms with van der Waals surface area (Å²) in [5.74, 6) is -0.0161. The summed E-state index contributed by atoms with van der Waals surface area (Å²) in [6.07, 6.45) is 0.661. The Hall–Kier alpha value is -1.06. The molecule has 0 saturated carbocycles. The maximum absolute atomic E-state index is 12.0. The Kier molecular flexibility index (Phi) is 2.25. The summed E-state index contributed by atoms with van der Waals surface area (Å²) in [6, 6.07) is 3.27. The Morgan fingerprint density at radius 1 is 1.18 bits per heavy atom. The number of carbonyl (C=O) groups is 2. The predicted octanol–water partition coefficient (Wildman–Crippen LogP) is 2.34. The first-order valence-electron chi connectivity index (χ1n) is 5.31. The fourth-order valence-corrected chi connectivity index (χ4v) is 3.52. The van der Waals surface area contributed by atoms with Crippen LogP contribution >= 0.6 is 23.2 Å². The highest BCUT2D eigenvalue weighted by atomic mass is 35.5. The molecule has 3 nitrogen and oxygen atoms in total. The van der Waals surface area contributed by atoms with Crippen LogP contribution in [0.15, 0.2) is 12.1 Å². The first kappa shape index (κ1) is 11.1. The van der Waals surface area contributed by atoms with Gasteiger partial charge < -0.3 is 5.32 Å². The lowest BCUT2D eigenvalue weighted by molar-refractivity contribution is -0.119. The second-order valence-corrected chi connectivity index (χ2v) is 5.49. The zero-order valence-electron chi connectivity index (χ0n) is 8.85. The van der Waals surface area contributed by atoms with Crippen LogP contribution in [0.4, 0.5) is 0 Å². The predicted molar refractivity (Wildman–Crippen MR) is 64.7 cm³/mol. The monoisotopic (exact) mass is 269 g/mol. The molecule has 1 spiro atoms. The molecule has 2 aliphatic rings. The van der Waals surface area contributed by atoms with Crippen molar-refractivity contribution in [3.05, 3.63) is 33.3 Å². The lowest BCUT2D eigenvalue weighted by Crippen LogP contribution is -2.26. The molecule has 1 N–H and O–H groups in total. The van der Waals surface area contributed by atoms with E-state index in [-0.39, 0.29) is 11.7 Å². The van der Waals surface area contributed by atoms with Crippen LogP contribution in [0.2, 0.25) is 10.0 Å². The molecular formula is C12H9Cl2NO2. The number of amides is 1. The molecule has 1 atom stereocenters. The van der Waals surface area contributed by atoms with Crippen LogP contribution in [-0.4, -0.2) is 18.2 Å². The Balaban J connectivity index is 2.23. The fraction of sp³-hybridized carbons (Fsp3) is 0.333. The Bertz CT molecular complexity index is 556. The number of hydrogen-bond acceptors (Lipinski definition) is 2. The van der Waals surface area contributed by atoms with Crippen molar-refractivity contribution in [2.75, 3.05) is 6.54 Å². The minimum absolute atomic E-state index is 0.0147. The van der Waals surface area contributed by atoms with E-state index in [4.69, 9.17) is 23.2 Å². The standard InChI is InChI=1S/C12H9Cl2NO2/c13-6-1-7-9(16)3-12(4-10(17)15-5-12)11(7)8(14)2-6/h1-2H,3-5H2,(H,15,17). The van der Waals surface area contributed by atoms with E-state index in [9.17, 15) is 9.59 Å². The van der Waals surface area contributed by atoms with Crippen LogP contribution in [-0.2, 0) is 10.2 Å². The molecular weight excluding hydrogens is 261 g/mol. The summed E-state index contributed by atoms with van der Waals surface area (Å²) in [7, 11) is 0. The van der Waals surface area contributed by atoms with Crippen LogP contribution in [0, 0.1) is 0 Å². The number of nitrogens with one attached hydrogen (secondary N) is 1. The van der Waals surface area contributed by atoms with E-state index in [0.29, 0.717) is 35.0 Å². The molecule has 0 radical (unpaired) electrons. The summed E-state index contributed by atoms with van der Waals surface area (Å²) >= 11 is 12.1. The molecule has 1 fully saturated rings. The van der Waals surface area contributed by atoms with Gasteiger partial charge >= 0.3 is 0 Å². The van der Waals surface area contributed by atoms with Gasteiger partial charge in [0.1, 0.15) is 0 Å². The van der Waals surface area contributed by atoms with Crippen molar-refractivity contribution in [1.29, 1.82) is 0 Å². The third-order valence-corrected chi connectivity index (χ3v) is 4.02. The number of hydrogen-bond donors (Lipinski definition) is 1. The zero-order chi connectivity index (χ0) is 12.2. The highest BCUT2D eigenvalue weighted by molar-refractivity contribution is 6.36. The number of ketones is 1. The van der Waals surface area contributed by atoms with E-state index in [1.165, 1.54) is 0 Å². The van der Waals surface area contributed by atoms with Gasteiger partial charge in [-0.15, -0.1) is 0 Å². The van der Waals surface area contributed by atoms with Gasteiger partial charge in [0.25, 0.3) is 0 Å². The Morgan fingerprint density at radius 2 is 1.94 bits per heavy atom. The lowest BCUT2D eigenvalue weighted by atomic mass is 9.81. The smallest absolute Gasteiger partial charge is 0.221 e. The summed E-state index contributed by atoms with van der Waals surface area (Å²) in [5, 5.41) is 3.71. The van der Waals surface area contributed by atoms with Crippen molar-refractivity contribution in [3.63, 3.8) is 0 Å². The van der Waals surface area contributed by atoms with Crippen LogP contribution < -0.4 is 5.32 Å². The molecule has 1 aromatic rings. The van der Waals surface area contributed by atoms with E-state index in [1.807, 2.05) is 0 Å². The van der Waals surface area contributed by atoms with Gasteiger partial charge in [-0.05, 0) is 17.7 Å². The van der Waals surface area contributed by atoms with Crippen molar-refractivity contribution in [2.45, 2.75) is 18.3 Å². The quantitative estimate of drug-likeness (QED) is 0.786. The summed E-state index contributed by atoms with van der Waals surface area (Å²) < 4.78 is 0. The van der Waals surface area contributed by atoms with Gasteiger partial charge in [-0.3, -0.25) is 9.59 Å². The van der Waals surface area contributed by atoms with Crippen molar-refractivity contribution < 1.29 is 9.59 Å². The number of carbonyl (C=O) groups excluding carboxylic acids is 2. The van der Waals surface area contributed by atoms with Crippen molar-refractivity contribution >= 4 is 34.9 Å². The molecule has 0 bridgehead atoms. The first-order valence-corrected chi connectivity index (χ1v) is 6.07. The molecule has 1 saturated heterocycles. The van der Waals surface area contributed by atoms with E-state index < -0.39 is 5.41 Å². The van der Waals surface area contributed by atoms with E-state index in [2.05, 4.69) is 5.32 Å². The Labute approximate surface area is 108 Å². The highest BCUT2D eigenvalue weighted by Crippen LogP contribution is 2.47. The van der Waals surface area contributed by atoms with Crippen molar-refractivity contribution in [2.24, 2.45) is 0 Å². The second-order valence-electron chi connectivity index (χ2n) is 4.64. The molecule has 0 aromatic heterocycles. The summed E-state index contributed by atoms with van der Waals surface area (Å²) in [6.45, 7) is 0.478. The zero-order valence-corrected chi connectivity index (χ0v) is 10.4. The molecule has 1 amide bonds. The van der Waals surface area contributed by atoms with Gasteiger partial charge in [0.2, 0.25) is 5.91 Å². The van der Waals surface area contributed by atoms with Crippen molar-refractivity contribution in [3.8, 4) is 0 Å². The number of fused-ring (bicyclic) bond motifs is 2. The van der Waals surface area contributed by atoms with Gasteiger partial charge in [0, 0.05) is 40.4 Å². The maximum atomic E-state index is 12.0. The van der Waals surface area contributed by atoms with Crippen LogP contribution in [0.25, 0.3) is 0 Å². The molecule has 1 heterocycles. The fourth-order valence-electron chi connectivity index (χ4n) is 2.83. The van der Waals surface area contributed by atoms with Crippen LogP contribution in [0.1, 0.15) is 28.8 Å². The first-order chi connectivity index (χ1) is 8.02. The molecule has 17 heavy (non-hydrogen) atoms. The summed E-state index contributed by atoms with van der Waals surface area (Å²) in [5.41, 5.74) is 0.899. The van der Waals surface area contributed by atoms with Crippen molar-refractivity contribution in [1.82, 2.24) is 5.32 Å². The van der Waals surface area contributed by atoms with Gasteiger partial charge in [0.15, 0.2) is 5.78 Å². The minimum atomic E-state index is -0.453. The third kappa shape index (κ3) is 1.49. The lowest BCUT2D eigenvalue weighted by Gasteiger charge is -2.22. The van der Waals surface area contributed by atoms with Gasteiger partial charge in [-0.25, -0.2) is 0 Å². The highest BCUT2D eigenvalue weighted by Gasteiger charge is 2.49. The number of benzene rings is 1. The molecule has 3 rings (SSSR count). The molecule has 1 aliphatic heterocycles. The van der Waals surface area contributed by atoms with Gasteiger partial charge in [0.05, 0.1) is 0 Å². The molecule has 88 valence electrons. The molecule has 1 unspecified atom stereocenters. The third-order valence-electron chi connectivity index (χ3n) is 3.51. The van der Waals surface area contributed by atoms with E-state index >= 15 is 0 Å². The summed E-state index contributed by atoms with van der Waals surface area (Å²) in [4.78, 5) is 23.4. The molecule has 1 aromatic carbocycles. The normalized spacial score (nSPS) is 26.5. The number of halogens is 2. The Morgan fingerprint density at radius 3 is 2.59 bits per heavy atom. The largest absolute Gasteiger partial charge is 0.355 e. The average molecular weight is 270 g/mol. The van der Waals surface area contributed by atoms with Crippen LogP contribution in [0.5, 0.6) is 0 Å². The average Bonchev–Trinajstić information content (AvgIpc) is 2.70. The minimum Gasteiger partial charge on any atom is -0.355 e. The topological polar surface area (TPSA) is 46.2 Å². The SMILES string of the molecule is O=C1CC2(CN1)CC(=O)c1cc(Cl)cc(Cl)c12. The van der Waals surface area contributed by atoms with Gasteiger partial charge in [-0.2, -0.15) is 0 Å². The van der Waals surface area contributed by atoms with E-state index in [0.717, 1.165) is 5.56 Å². The maximum Gasteiger partial charge on any atom is 0.221 e.